The lowest BCUT2D eigenvalue weighted by Crippen LogP contribution is -2.32. The van der Waals surface area contributed by atoms with Crippen LogP contribution in [0.15, 0.2) is 54.6 Å². The summed E-state index contributed by atoms with van der Waals surface area (Å²) in [5.74, 6) is 0.0836. The van der Waals surface area contributed by atoms with Crippen LogP contribution in [-0.2, 0) is 0 Å². The van der Waals surface area contributed by atoms with Crippen LogP contribution in [0.4, 0.5) is 11.4 Å². The number of thiocarbonyl (C=S) groups is 1. The molecule has 4 nitrogen and oxygen atoms in total. The molecule has 1 amide bonds. The van der Waals surface area contributed by atoms with Crippen LogP contribution in [0, 0.1) is 0 Å². The number of hydrogen-bond donors (Lipinski definition) is 2. The van der Waals surface area contributed by atoms with E-state index < -0.39 is 0 Å². The van der Waals surface area contributed by atoms with Gasteiger partial charge in [-0.05, 0) is 61.5 Å². The number of para-hydroxylation sites is 1. The second-order valence-corrected chi connectivity index (χ2v) is 6.22. The molecule has 2 N–H and O–H groups in total. The van der Waals surface area contributed by atoms with Gasteiger partial charge in [0.1, 0.15) is 0 Å². The molecule has 0 fully saturated rings. The predicted octanol–water partition coefficient (Wildman–Crippen LogP) is 4.76. The Morgan fingerprint density at radius 2 is 1.40 bits per heavy atom. The van der Waals surface area contributed by atoms with E-state index in [0.717, 1.165) is 37.3 Å². The van der Waals surface area contributed by atoms with E-state index in [0.29, 0.717) is 10.7 Å². The van der Waals surface area contributed by atoms with Crippen LogP contribution in [0.2, 0.25) is 0 Å². The van der Waals surface area contributed by atoms with E-state index >= 15 is 0 Å². The quantitative estimate of drug-likeness (QED) is 0.703. The lowest BCUT2D eigenvalue weighted by Gasteiger charge is -2.21. The number of rotatable bonds is 7. The molecule has 0 aliphatic rings. The van der Waals surface area contributed by atoms with Crippen molar-refractivity contribution >= 4 is 34.6 Å². The van der Waals surface area contributed by atoms with E-state index in [1.54, 1.807) is 0 Å². The summed E-state index contributed by atoms with van der Waals surface area (Å²) in [7, 11) is 0. The Kier molecular flexibility index (Phi) is 7.41. The van der Waals surface area contributed by atoms with Crippen molar-refractivity contribution in [3.63, 3.8) is 0 Å². The Morgan fingerprint density at radius 3 is 1.92 bits per heavy atom. The van der Waals surface area contributed by atoms with Gasteiger partial charge < -0.3 is 15.5 Å². The number of benzene rings is 2. The molecular formula is C20H25N3OS. The Morgan fingerprint density at radius 1 is 0.880 bits per heavy atom. The Bertz CT molecular complexity index is 680. The highest BCUT2D eigenvalue weighted by atomic mass is 32.1. The van der Waals surface area contributed by atoms with E-state index in [4.69, 9.17) is 12.2 Å². The first-order valence-electron chi connectivity index (χ1n) is 8.66. The minimum absolute atomic E-state index is 0.0836. The molecule has 2 aromatic carbocycles. The summed E-state index contributed by atoms with van der Waals surface area (Å²) in [6.45, 7) is 5.75. The summed E-state index contributed by atoms with van der Waals surface area (Å²) in [6.07, 6.45) is 1.93. The van der Waals surface area contributed by atoms with E-state index in [1.807, 2.05) is 59.5 Å². The van der Waals surface area contributed by atoms with Gasteiger partial charge in [0.25, 0.3) is 5.91 Å². The summed E-state index contributed by atoms with van der Waals surface area (Å²) >= 11 is 5.32. The van der Waals surface area contributed by atoms with Gasteiger partial charge >= 0.3 is 0 Å². The van der Waals surface area contributed by atoms with Crippen LogP contribution in [0.3, 0.4) is 0 Å². The van der Waals surface area contributed by atoms with Gasteiger partial charge in [-0.2, -0.15) is 0 Å². The largest absolute Gasteiger partial charge is 0.339 e. The fraction of sp³-hybridized carbons (Fsp3) is 0.300. The molecule has 0 aromatic heterocycles. The standard InChI is InChI=1S/C20H25N3OS/c1-3-14-23(15-4-2)19(24)16-10-12-18(13-11-16)22-20(25)21-17-8-6-5-7-9-17/h5-13H,3-4,14-15H2,1-2H3,(H2,21,22,25). The second kappa shape index (κ2) is 9.79. The molecule has 132 valence electrons. The summed E-state index contributed by atoms with van der Waals surface area (Å²) in [5.41, 5.74) is 2.48. The van der Waals surface area contributed by atoms with Gasteiger partial charge in [-0.1, -0.05) is 32.0 Å². The maximum Gasteiger partial charge on any atom is 0.253 e. The highest BCUT2D eigenvalue weighted by Crippen LogP contribution is 2.13. The van der Waals surface area contributed by atoms with Crippen molar-refractivity contribution in [2.75, 3.05) is 23.7 Å². The Balaban J connectivity index is 1.96. The minimum Gasteiger partial charge on any atom is -0.339 e. The van der Waals surface area contributed by atoms with E-state index in [-0.39, 0.29) is 5.91 Å². The van der Waals surface area contributed by atoms with Crippen LogP contribution in [-0.4, -0.2) is 29.0 Å². The van der Waals surface area contributed by atoms with Crippen molar-refractivity contribution in [3.8, 4) is 0 Å². The third-order valence-electron chi connectivity index (χ3n) is 3.70. The van der Waals surface area contributed by atoms with Gasteiger partial charge in [0, 0.05) is 30.0 Å². The van der Waals surface area contributed by atoms with Crippen LogP contribution in [0.1, 0.15) is 37.0 Å². The van der Waals surface area contributed by atoms with Gasteiger partial charge in [-0.25, -0.2) is 0 Å². The van der Waals surface area contributed by atoms with Crippen LogP contribution in [0.5, 0.6) is 0 Å². The normalized spacial score (nSPS) is 10.2. The van der Waals surface area contributed by atoms with Crippen molar-refractivity contribution < 1.29 is 4.79 Å². The summed E-state index contributed by atoms with van der Waals surface area (Å²) in [5, 5.41) is 6.77. The first-order chi connectivity index (χ1) is 12.1. The van der Waals surface area contributed by atoms with Crippen molar-refractivity contribution in [3.05, 3.63) is 60.2 Å². The predicted molar refractivity (Wildman–Crippen MR) is 109 cm³/mol. The average molecular weight is 356 g/mol. The van der Waals surface area contributed by atoms with Crippen LogP contribution < -0.4 is 10.6 Å². The first kappa shape index (κ1) is 18.9. The van der Waals surface area contributed by atoms with Crippen LogP contribution >= 0.6 is 12.2 Å². The maximum absolute atomic E-state index is 12.6. The molecule has 0 spiro atoms. The minimum atomic E-state index is 0.0836. The zero-order valence-corrected chi connectivity index (χ0v) is 15.6. The van der Waals surface area contributed by atoms with E-state index in [9.17, 15) is 4.79 Å². The number of anilines is 2. The second-order valence-electron chi connectivity index (χ2n) is 5.81. The molecule has 0 radical (unpaired) electrons. The molecule has 0 aliphatic heterocycles. The summed E-state index contributed by atoms with van der Waals surface area (Å²) in [4.78, 5) is 14.5. The van der Waals surface area contributed by atoms with Gasteiger partial charge in [-0.15, -0.1) is 0 Å². The van der Waals surface area contributed by atoms with Crippen molar-refractivity contribution in [1.29, 1.82) is 0 Å². The number of nitrogens with one attached hydrogen (secondary N) is 2. The number of hydrogen-bond acceptors (Lipinski definition) is 2. The zero-order valence-electron chi connectivity index (χ0n) is 14.8. The number of nitrogens with zero attached hydrogens (tertiary/aromatic N) is 1. The Hall–Kier alpha value is -2.40. The van der Waals surface area contributed by atoms with Gasteiger partial charge in [-0.3, -0.25) is 4.79 Å². The molecule has 0 unspecified atom stereocenters. The molecule has 5 heteroatoms. The molecule has 0 heterocycles. The lowest BCUT2D eigenvalue weighted by atomic mass is 10.1. The van der Waals surface area contributed by atoms with Gasteiger partial charge in [0.05, 0.1) is 0 Å². The molecular weight excluding hydrogens is 330 g/mol. The number of carbonyl (C=O) groups excluding carboxylic acids is 1. The van der Waals surface area contributed by atoms with Gasteiger partial charge in [0.15, 0.2) is 5.11 Å². The lowest BCUT2D eigenvalue weighted by molar-refractivity contribution is 0.0755. The summed E-state index contributed by atoms with van der Waals surface area (Å²) in [6, 6.07) is 17.2. The van der Waals surface area contributed by atoms with E-state index in [1.165, 1.54) is 0 Å². The molecule has 0 saturated heterocycles. The smallest absolute Gasteiger partial charge is 0.253 e. The molecule has 0 saturated carbocycles. The monoisotopic (exact) mass is 355 g/mol. The first-order valence-corrected chi connectivity index (χ1v) is 9.07. The van der Waals surface area contributed by atoms with Crippen LogP contribution in [0.25, 0.3) is 0 Å². The summed E-state index contributed by atoms with van der Waals surface area (Å²) < 4.78 is 0. The SMILES string of the molecule is CCCN(CCC)C(=O)c1ccc(NC(=S)Nc2ccccc2)cc1. The zero-order chi connectivity index (χ0) is 18.1. The van der Waals surface area contributed by atoms with Gasteiger partial charge in [0.2, 0.25) is 0 Å². The molecule has 0 aliphatic carbocycles. The topological polar surface area (TPSA) is 44.4 Å². The van der Waals surface area contributed by atoms with Crippen molar-refractivity contribution in [2.24, 2.45) is 0 Å². The van der Waals surface area contributed by atoms with E-state index in [2.05, 4.69) is 24.5 Å². The number of carbonyl (C=O) groups is 1. The third kappa shape index (κ3) is 5.87. The highest BCUT2D eigenvalue weighted by molar-refractivity contribution is 7.80. The number of amides is 1. The highest BCUT2D eigenvalue weighted by Gasteiger charge is 2.13. The molecule has 0 atom stereocenters. The fourth-order valence-electron chi connectivity index (χ4n) is 2.55. The average Bonchev–Trinajstić information content (AvgIpc) is 2.62. The van der Waals surface area contributed by atoms with Crippen molar-refractivity contribution in [1.82, 2.24) is 4.90 Å². The third-order valence-corrected chi connectivity index (χ3v) is 3.90. The van der Waals surface area contributed by atoms with Crippen molar-refractivity contribution in [2.45, 2.75) is 26.7 Å². The molecule has 0 bridgehead atoms. The fourth-order valence-corrected chi connectivity index (χ4v) is 2.78. The molecule has 2 rings (SSSR count). The Labute approximate surface area is 155 Å². The molecule has 2 aromatic rings. The maximum atomic E-state index is 12.6. The molecule has 25 heavy (non-hydrogen) atoms.